The molecule has 0 heterocycles. The summed E-state index contributed by atoms with van der Waals surface area (Å²) in [6, 6.07) is 9.47. The Balaban J connectivity index is 2.21. The van der Waals surface area contributed by atoms with Gasteiger partial charge in [-0.3, -0.25) is 0 Å². The van der Waals surface area contributed by atoms with E-state index in [0.29, 0.717) is 6.54 Å². The van der Waals surface area contributed by atoms with Crippen LogP contribution in [0, 0.1) is 12.3 Å². The van der Waals surface area contributed by atoms with Gasteiger partial charge in [0.05, 0.1) is 6.04 Å². The zero-order valence-corrected chi connectivity index (χ0v) is 10.8. The van der Waals surface area contributed by atoms with E-state index < -0.39 is 6.10 Å². The van der Waals surface area contributed by atoms with Crippen LogP contribution in [0.3, 0.4) is 0 Å². The lowest BCUT2D eigenvalue weighted by atomic mass is 10.2. The van der Waals surface area contributed by atoms with Crippen LogP contribution in [-0.4, -0.2) is 30.4 Å². The third kappa shape index (κ3) is 5.72. The summed E-state index contributed by atoms with van der Waals surface area (Å²) in [7, 11) is 0. The molecular weight excluding hydrogens is 226 g/mol. The van der Waals surface area contributed by atoms with Gasteiger partial charge in [0.25, 0.3) is 0 Å². The average Bonchev–Trinajstić information content (AvgIpc) is 2.42. The minimum atomic E-state index is -0.557. The molecule has 0 saturated carbocycles. The maximum atomic E-state index is 9.77. The van der Waals surface area contributed by atoms with Crippen molar-refractivity contribution in [3.05, 3.63) is 30.3 Å². The summed E-state index contributed by atoms with van der Waals surface area (Å²) in [5, 5.41) is 12.9. The monoisotopic (exact) mass is 247 g/mol. The van der Waals surface area contributed by atoms with Crippen molar-refractivity contribution < 1.29 is 9.84 Å². The molecule has 0 aromatic heterocycles. The van der Waals surface area contributed by atoms with Crippen molar-refractivity contribution in [1.29, 1.82) is 0 Å². The number of aliphatic hydroxyl groups is 1. The Morgan fingerprint density at radius 2 is 2.11 bits per heavy atom. The molecule has 2 N–H and O–H groups in total. The molecule has 0 bridgehead atoms. The van der Waals surface area contributed by atoms with Gasteiger partial charge in [0.15, 0.2) is 0 Å². The molecule has 1 aromatic rings. The molecule has 18 heavy (non-hydrogen) atoms. The van der Waals surface area contributed by atoms with Crippen molar-refractivity contribution in [2.75, 3.05) is 13.2 Å². The van der Waals surface area contributed by atoms with Gasteiger partial charge in [0.2, 0.25) is 0 Å². The van der Waals surface area contributed by atoms with Crippen LogP contribution < -0.4 is 10.1 Å². The van der Waals surface area contributed by atoms with Gasteiger partial charge >= 0.3 is 0 Å². The highest BCUT2D eigenvalue weighted by Gasteiger charge is 2.08. The summed E-state index contributed by atoms with van der Waals surface area (Å²) in [5.41, 5.74) is 0. The second-order valence-corrected chi connectivity index (χ2v) is 4.19. The van der Waals surface area contributed by atoms with Crippen LogP contribution in [0.15, 0.2) is 30.3 Å². The SMILES string of the molecule is C#CC(CCC)NCC(O)COc1ccccc1. The van der Waals surface area contributed by atoms with Gasteiger partial charge in [0.1, 0.15) is 18.5 Å². The number of hydrogen-bond donors (Lipinski definition) is 2. The first-order valence-electron chi connectivity index (χ1n) is 6.31. The standard InChI is InChI=1S/C15H21NO2/c1-3-8-13(4-2)16-11-14(17)12-18-15-9-6-5-7-10-15/h2,5-7,9-10,13-14,16-17H,3,8,11-12H2,1H3. The summed E-state index contributed by atoms with van der Waals surface area (Å²) in [6.45, 7) is 2.79. The lowest BCUT2D eigenvalue weighted by Gasteiger charge is -2.16. The summed E-state index contributed by atoms with van der Waals surface area (Å²) in [5.74, 6) is 3.43. The molecule has 1 rings (SSSR count). The third-order valence-electron chi connectivity index (χ3n) is 2.56. The maximum Gasteiger partial charge on any atom is 0.119 e. The van der Waals surface area contributed by atoms with E-state index in [4.69, 9.17) is 11.2 Å². The van der Waals surface area contributed by atoms with Gasteiger partial charge in [-0.2, -0.15) is 0 Å². The first-order chi connectivity index (χ1) is 8.76. The van der Waals surface area contributed by atoms with Crippen molar-refractivity contribution in [3.63, 3.8) is 0 Å². The smallest absolute Gasteiger partial charge is 0.119 e. The third-order valence-corrected chi connectivity index (χ3v) is 2.56. The fourth-order valence-corrected chi connectivity index (χ4v) is 1.58. The van der Waals surface area contributed by atoms with E-state index in [0.717, 1.165) is 18.6 Å². The largest absolute Gasteiger partial charge is 0.491 e. The number of aliphatic hydroxyl groups excluding tert-OH is 1. The van der Waals surface area contributed by atoms with E-state index in [1.807, 2.05) is 30.3 Å². The zero-order valence-electron chi connectivity index (χ0n) is 10.8. The number of ether oxygens (including phenoxy) is 1. The number of nitrogens with one attached hydrogen (secondary N) is 1. The van der Waals surface area contributed by atoms with Crippen molar-refractivity contribution >= 4 is 0 Å². The molecule has 0 spiro atoms. The lowest BCUT2D eigenvalue weighted by Crippen LogP contribution is -2.37. The van der Waals surface area contributed by atoms with Crippen molar-refractivity contribution in [2.45, 2.75) is 31.9 Å². The number of benzene rings is 1. The van der Waals surface area contributed by atoms with E-state index in [1.54, 1.807) is 0 Å². The Hall–Kier alpha value is -1.50. The molecule has 0 aliphatic heterocycles. The van der Waals surface area contributed by atoms with Crippen LogP contribution in [0.4, 0.5) is 0 Å². The second kappa shape index (κ2) is 8.57. The molecule has 0 aliphatic rings. The fourth-order valence-electron chi connectivity index (χ4n) is 1.58. The average molecular weight is 247 g/mol. The van der Waals surface area contributed by atoms with Crippen molar-refractivity contribution in [1.82, 2.24) is 5.32 Å². The minimum absolute atomic E-state index is 0.0291. The van der Waals surface area contributed by atoms with E-state index >= 15 is 0 Å². The number of terminal acetylenes is 1. The molecule has 98 valence electrons. The first kappa shape index (κ1) is 14.6. The van der Waals surface area contributed by atoms with Crippen LogP contribution in [0.1, 0.15) is 19.8 Å². The number of rotatable bonds is 8. The maximum absolute atomic E-state index is 9.77. The summed E-state index contributed by atoms with van der Waals surface area (Å²) >= 11 is 0. The highest BCUT2D eigenvalue weighted by atomic mass is 16.5. The van der Waals surface area contributed by atoms with E-state index in [2.05, 4.69) is 18.2 Å². The number of hydrogen-bond acceptors (Lipinski definition) is 3. The molecule has 0 aliphatic carbocycles. The summed E-state index contributed by atoms with van der Waals surface area (Å²) in [4.78, 5) is 0. The van der Waals surface area contributed by atoms with Gasteiger partial charge < -0.3 is 15.2 Å². The molecule has 0 amide bonds. The van der Waals surface area contributed by atoms with Crippen LogP contribution in [0.5, 0.6) is 5.75 Å². The zero-order chi connectivity index (χ0) is 13.2. The Morgan fingerprint density at radius 1 is 1.39 bits per heavy atom. The molecule has 0 fully saturated rings. The molecule has 2 unspecified atom stereocenters. The molecular formula is C15H21NO2. The fraction of sp³-hybridized carbons (Fsp3) is 0.467. The van der Waals surface area contributed by atoms with Crippen molar-refractivity contribution in [2.24, 2.45) is 0 Å². The Labute approximate surface area is 109 Å². The highest BCUT2D eigenvalue weighted by molar-refractivity contribution is 5.20. The molecule has 2 atom stereocenters. The molecule has 3 heteroatoms. The van der Waals surface area contributed by atoms with E-state index in [1.165, 1.54) is 0 Å². The summed E-state index contributed by atoms with van der Waals surface area (Å²) in [6.07, 6.45) is 6.77. The van der Waals surface area contributed by atoms with Crippen LogP contribution in [0.2, 0.25) is 0 Å². The van der Waals surface area contributed by atoms with Gasteiger partial charge in [-0.1, -0.05) is 37.5 Å². The predicted molar refractivity (Wildman–Crippen MR) is 73.5 cm³/mol. The Morgan fingerprint density at radius 3 is 2.72 bits per heavy atom. The molecule has 1 aromatic carbocycles. The second-order valence-electron chi connectivity index (χ2n) is 4.19. The van der Waals surface area contributed by atoms with Gasteiger partial charge in [-0.05, 0) is 18.6 Å². The van der Waals surface area contributed by atoms with E-state index in [9.17, 15) is 5.11 Å². The lowest BCUT2D eigenvalue weighted by molar-refractivity contribution is 0.105. The highest BCUT2D eigenvalue weighted by Crippen LogP contribution is 2.08. The van der Waals surface area contributed by atoms with E-state index in [-0.39, 0.29) is 12.6 Å². The molecule has 0 saturated heterocycles. The van der Waals surface area contributed by atoms with Gasteiger partial charge in [-0.15, -0.1) is 6.42 Å². The number of para-hydroxylation sites is 1. The van der Waals surface area contributed by atoms with Gasteiger partial charge in [-0.25, -0.2) is 0 Å². The first-order valence-corrected chi connectivity index (χ1v) is 6.31. The summed E-state index contributed by atoms with van der Waals surface area (Å²) < 4.78 is 5.45. The van der Waals surface area contributed by atoms with Crippen LogP contribution in [-0.2, 0) is 0 Å². The predicted octanol–water partition coefficient (Wildman–Crippen LogP) is 1.82. The van der Waals surface area contributed by atoms with Crippen molar-refractivity contribution in [3.8, 4) is 18.1 Å². The van der Waals surface area contributed by atoms with Crippen LogP contribution >= 0.6 is 0 Å². The molecule has 0 radical (unpaired) electrons. The molecule has 3 nitrogen and oxygen atoms in total. The Bertz CT molecular complexity index is 359. The Kier molecular flexibility index (Phi) is 6.93. The normalized spacial score (nSPS) is 13.6. The van der Waals surface area contributed by atoms with Crippen LogP contribution in [0.25, 0.3) is 0 Å². The quantitative estimate of drug-likeness (QED) is 0.689. The topological polar surface area (TPSA) is 41.5 Å². The van der Waals surface area contributed by atoms with Gasteiger partial charge in [0, 0.05) is 6.54 Å². The minimum Gasteiger partial charge on any atom is -0.491 e.